The van der Waals surface area contributed by atoms with E-state index in [4.69, 9.17) is 27.9 Å². The molecule has 1 aromatic rings. The highest BCUT2D eigenvalue weighted by atomic mass is 35.5. The Morgan fingerprint density at radius 2 is 2.05 bits per heavy atom. The highest BCUT2D eigenvalue weighted by Gasteiger charge is 2.24. The Kier molecular flexibility index (Phi) is 7.06. The largest absolute Gasteiger partial charge is 0.366 e. The number of ether oxygens (including phenoxy) is 1. The molecule has 7 heteroatoms. The number of morpholine rings is 1. The van der Waals surface area contributed by atoms with Crippen molar-refractivity contribution in [3.05, 3.63) is 33.8 Å². The van der Waals surface area contributed by atoms with E-state index in [0.717, 1.165) is 12.1 Å². The smallest absolute Gasteiger partial charge is 0.253 e. The van der Waals surface area contributed by atoms with Gasteiger partial charge in [-0.05, 0) is 23.8 Å². The number of hydrogen-bond donors (Lipinski definition) is 1. The van der Waals surface area contributed by atoms with Crippen LogP contribution < -0.4 is 5.32 Å². The van der Waals surface area contributed by atoms with Crippen LogP contribution in [0.2, 0.25) is 10.0 Å². The lowest BCUT2D eigenvalue weighted by atomic mass is 10.2. The molecule has 1 N–H and O–H groups in total. The topological polar surface area (TPSA) is 41.6 Å². The fourth-order valence-electron chi connectivity index (χ4n) is 2.02. The summed E-state index contributed by atoms with van der Waals surface area (Å²) < 4.78 is 5.44. The van der Waals surface area contributed by atoms with Crippen molar-refractivity contribution in [3.63, 3.8) is 0 Å². The van der Waals surface area contributed by atoms with Crippen LogP contribution in [0.25, 0.3) is 0 Å². The van der Waals surface area contributed by atoms with Crippen LogP contribution in [0.5, 0.6) is 0 Å². The summed E-state index contributed by atoms with van der Waals surface area (Å²) in [4.78, 5) is 13.8. The first-order valence-corrected chi connectivity index (χ1v) is 6.84. The first kappa shape index (κ1) is 17.5. The molecule has 20 heavy (non-hydrogen) atoms. The van der Waals surface area contributed by atoms with Gasteiger partial charge in [0.2, 0.25) is 0 Å². The Balaban J connectivity index is 0.00000200. The molecule has 2 rings (SSSR count). The molecule has 1 aromatic carbocycles. The van der Waals surface area contributed by atoms with E-state index < -0.39 is 6.10 Å². The van der Waals surface area contributed by atoms with Crippen LogP contribution in [0.15, 0.2) is 18.2 Å². The van der Waals surface area contributed by atoms with Crippen LogP contribution in [-0.4, -0.2) is 43.7 Å². The van der Waals surface area contributed by atoms with E-state index in [-0.39, 0.29) is 18.3 Å². The molecule has 1 heterocycles. The van der Waals surface area contributed by atoms with Crippen molar-refractivity contribution in [2.24, 2.45) is 0 Å². The average molecular weight is 340 g/mol. The minimum Gasteiger partial charge on any atom is -0.366 e. The number of benzene rings is 1. The summed E-state index contributed by atoms with van der Waals surface area (Å²) >= 11 is 11.9. The molecule has 1 atom stereocenters. The number of nitrogens with zero attached hydrogens (tertiary/aromatic N) is 1. The van der Waals surface area contributed by atoms with Gasteiger partial charge in [-0.25, -0.2) is 0 Å². The molecule has 112 valence electrons. The van der Waals surface area contributed by atoms with Crippen LogP contribution >= 0.6 is 35.6 Å². The SMILES string of the molecule is CN(Cc1cc(Cl)cc(Cl)c1)C(=O)C1CNCCO1.Cl. The van der Waals surface area contributed by atoms with Gasteiger partial charge in [-0.3, -0.25) is 4.79 Å². The van der Waals surface area contributed by atoms with Gasteiger partial charge in [0.25, 0.3) is 5.91 Å². The van der Waals surface area contributed by atoms with Gasteiger partial charge in [-0.2, -0.15) is 0 Å². The molecule has 0 saturated carbocycles. The number of carbonyl (C=O) groups is 1. The molecule has 4 nitrogen and oxygen atoms in total. The van der Waals surface area contributed by atoms with Gasteiger partial charge in [-0.1, -0.05) is 23.2 Å². The molecule has 1 aliphatic rings. The Bertz CT molecular complexity index is 445. The van der Waals surface area contributed by atoms with Gasteiger partial charge >= 0.3 is 0 Å². The van der Waals surface area contributed by atoms with E-state index in [1.54, 1.807) is 30.1 Å². The number of rotatable bonds is 3. The van der Waals surface area contributed by atoms with E-state index >= 15 is 0 Å². The van der Waals surface area contributed by atoms with Crippen LogP contribution in [-0.2, 0) is 16.1 Å². The van der Waals surface area contributed by atoms with E-state index in [1.165, 1.54) is 0 Å². The summed E-state index contributed by atoms with van der Waals surface area (Å²) in [6, 6.07) is 5.27. The van der Waals surface area contributed by atoms with E-state index in [9.17, 15) is 4.79 Å². The third kappa shape index (κ3) is 4.79. The van der Waals surface area contributed by atoms with Crippen molar-refractivity contribution < 1.29 is 9.53 Å². The zero-order chi connectivity index (χ0) is 13.8. The first-order valence-electron chi connectivity index (χ1n) is 6.08. The second-order valence-corrected chi connectivity index (χ2v) is 5.41. The summed E-state index contributed by atoms with van der Waals surface area (Å²) in [6.07, 6.45) is -0.409. The molecule has 0 aromatic heterocycles. The lowest BCUT2D eigenvalue weighted by Crippen LogP contribution is -2.48. The summed E-state index contributed by atoms with van der Waals surface area (Å²) in [5.41, 5.74) is 0.900. The normalized spacial score (nSPS) is 18.2. The molecule has 1 amide bonds. The maximum atomic E-state index is 12.2. The number of nitrogens with one attached hydrogen (secondary N) is 1. The average Bonchev–Trinajstić information content (AvgIpc) is 2.37. The number of carbonyl (C=O) groups excluding carboxylic acids is 1. The highest BCUT2D eigenvalue weighted by Crippen LogP contribution is 2.20. The van der Waals surface area contributed by atoms with E-state index in [2.05, 4.69) is 5.32 Å². The number of likely N-dealkylation sites (N-methyl/N-ethyl adjacent to an activating group) is 1. The summed E-state index contributed by atoms with van der Waals surface area (Å²) in [5, 5.41) is 4.27. The minimum absolute atomic E-state index is 0. The molecule has 1 unspecified atom stereocenters. The molecule has 0 radical (unpaired) electrons. The lowest BCUT2D eigenvalue weighted by Gasteiger charge is -2.27. The van der Waals surface area contributed by atoms with Gasteiger partial charge in [0.1, 0.15) is 6.10 Å². The monoisotopic (exact) mass is 338 g/mol. The maximum absolute atomic E-state index is 12.2. The lowest BCUT2D eigenvalue weighted by molar-refractivity contribution is -0.144. The van der Waals surface area contributed by atoms with Crippen molar-refractivity contribution in [1.29, 1.82) is 0 Å². The summed E-state index contributed by atoms with van der Waals surface area (Å²) in [5.74, 6) is -0.0386. The predicted molar refractivity (Wildman–Crippen MR) is 82.8 cm³/mol. The molecule has 1 aliphatic heterocycles. The molecular formula is C13H17Cl3N2O2. The van der Waals surface area contributed by atoms with E-state index in [1.807, 2.05) is 0 Å². The fraction of sp³-hybridized carbons (Fsp3) is 0.462. The zero-order valence-electron chi connectivity index (χ0n) is 11.1. The van der Waals surface area contributed by atoms with Crippen molar-refractivity contribution in [3.8, 4) is 0 Å². The Morgan fingerprint density at radius 1 is 1.40 bits per heavy atom. The van der Waals surface area contributed by atoms with Crippen molar-refractivity contribution in [2.75, 3.05) is 26.7 Å². The second kappa shape index (κ2) is 8.05. The van der Waals surface area contributed by atoms with E-state index in [0.29, 0.717) is 29.7 Å². The zero-order valence-corrected chi connectivity index (χ0v) is 13.4. The third-order valence-corrected chi connectivity index (χ3v) is 3.36. The predicted octanol–water partition coefficient (Wildman–Crippen LogP) is 2.36. The van der Waals surface area contributed by atoms with Gasteiger partial charge in [0.15, 0.2) is 0 Å². The fourth-order valence-corrected chi connectivity index (χ4v) is 2.60. The first-order chi connectivity index (χ1) is 9.06. The second-order valence-electron chi connectivity index (χ2n) is 4.54. The standard InChI is InChI=1S/C13H16Cl2N2O2.ClH/c1-17(13(18)12-7-16-2-3-19-12)8-9-4-10(14)6-11(15)5-9;/h4-6,12,16H,2-3,7-8H2,1H3;1H. The Labute approximate surface area is 134 Å². The molecule has 1 fully saturated rings. The Hall–Kier alpha value is -0.520. The van der Waals surface area contributed by atoms with Crippen LogP contribution in [0.1, 0.15) is 5.56 Å². The molecule has 1 saturated heterocycles. The number of amides is 1. The minimum atomic E-state index is -0.409. The highest BCUT2D eigenvalue weighted by molar-refractivity contribution is 6.34. The number of hydrogen-bond acceptors (Lipinski definition) is 3. The van der Waals surface area contributed by atoms with Gasteiger partial charge in [-0.15, -0.1) is 12.4 Å². The summed E-state index contributed by atoms with van der Waals surface area (Å²) in [6.45, 7) is 2.36. The Morgan fingerprint density at radius 3 is 2.60 bits per heavy atom. The van der Waals surface area contributed by atoms with Gasteiger partial charge < -0.3 is 15.0 Å². The molecular weight excluding hydrogens is 323 g/mol. The molecule has 0 spiro atoms. The number of halogens is 3. The van der Waals surface area contributed by atoms with Crippen molar-refractivity contribution in [1.82, 2.24) is 10.2 Å². The van der Waals surface area contributed by atoms with Gasteiger partial charge in [0, 0.05) is 36.7 Å². The molecule has 0 bridgehead atoms. The van der Waals surface area contributed by atoms with Crippen molar-refractivity contribution in [2.45, 2.75) is 12.6 Å². The van der Waals surface area contributed by atoms with Crippen LogP contribution in [0, 0.1) is 0 Å². The van der Waals surface area contributed by atoms with Crippen LogP contribution in [0.4, 0.5) is 0 Å². The van der Waals surface area contributed by atoms with Gasteiger partial charge in [0.05, 0.1) is 6.61 Å². The molecule has 0 aliphatic carbocycles. The maximum Gasteiger partial charge on any atom is 0.253 e. The van der Waals surface area contributed by atoms with Crippen LogP contribution in [0.3, 0.4) is 0 Å². The summed E-state index contributed by atoms with van der Waals surface area (Å²) in [7, 11) is 1.75. The quantitative estimate of drug-likeness (QED) is 0.919. The van der Waals surface area contributed by atoms with Crippen molar-refractivity contribution >= 4 is 41.5 Å². The third-order valence-electron chi connectivity index (χ3n) is 2.92.